The molecule has 1 saturated heterocycles. The van der Waals surface area contributed by atoms with Crippen molar-refractivity contribution in [2.24, 2.45) is 5.73 Å². The van der Waals surface area contributed by atoms with Crippen molar-refractivity contribution < 1.29 is 0 Å². The largest absolute Gasteiger partial charge is 0.326 e. The molecule has 0 saturated carbocycles. The van der Waals surface area contributed by atoms with Crippen molar-refractivity contribution in [1.82, 2.24) is 4.90 Å². The molecule has 2 rings (SSSR count). The fourth-order valence-corrected chi connectivity index (χ4v) is 2.13. The van der Waals surface area contributed by atoms with Crippen LogP contribution in [0.25, 0.3) is 0 Å². The molecule has 0 spiro atoms. The van der Waals surface area contributed by atoms with E-state index >= 15 is 0 Å². The van der Waals surface area contributed by atoms with Gasteiger partial charge in [0, 0.05) is 25.2 Å². The van der Waals surface area contributed by atoms with Crippen molar-refractivity contribution in [2.75, 3.05) is 6.54 Å². The molecule has 0 atom stereocenters. The Morgan fingerprint density at radius 2 is 1.93 bits per heavy atom. The normalized spacial score (nSPS) is 19.9. The molecule has 0 amide bonds. The van der Waals surface area contributed by atoms with Crippen LogP contribution in [0, 0.1) is 0 Å². The van der Waals surface area contributed by atoms with Crippen LogP contribution >= 0.6 is 0 Å². The fourth-order valence-electron chi connectivity index (χ4n) is 2.13. The molecular formula is C13H20N2. The van der Waals surface area contributed by atoms with Crippen LogP contribution in [0.5, 0.6) is 0 Å². The number of rotatable bonds is 3. The van der Waals surface area contributed by atoms with Crippen molar-refractivity contribution in [3.8, 4) is 0 Å². The number of nitrogens with zero attached hydrogens (tertiary/aromatic N) is 1. The summed E-state index contributed by atoms with van der Waals surface area (Å²) in [6, 6.07) is 8.48. The van der Waals surface area contributed by atoms with Gasteiger partial charge in [-0.25, -0.2) is 0 Å². The first kappa shape index (κ1) is 10.7. The third-order valence-electron chi connectivity index (χ3n) is 3.55. The highest BCUT2D eigenvalue weighted by atomic mass is 15.2. The first-order valence-electron chi connectivity index (χ1n) is 5.65. The van der Waals surface area contributed by atoms with E-state index in [1.807, 2.05) is 0 Å². The number of hydrogen-bond donors (Lipinski definition) is 1. The number of benzene rings is 1. The van der Waals surface area contributed by atoms with E-state index in [9.17, 15) is 0 Å². The third kappa shape index (κ3) is 2.06. The van der Waals surface area contributed by atoms with Crippen molar-refractivity contribution in [3.63, 3.8) is 0 Å². The van der Waals surface area contributed by atoms with Crippen LogP contribution in [-0.4, -0.2) is 17.0 Å². The molecule has 1 aliphatic heterocycles. The predicted octanol–water partition coefficient (Wildman–Crippen LogP) is 2.13. The minimum absolute atomic E-state index is 0.377. The standard InChI is InChI=1S/C13H20N2/c1-13(2)7-8-15(13)10-12-6-4-3-5-11(12)9-14/h3-6H,7-10,14H2,1-2H3. The smallest absolute Gasteiger partial charge is 0.0242 e. The summed E-state index contributed by atoms with van der Waals surface area (Å²) in [6.07, 6.45) is 1.30. The van der Waals surface area contributed by atoms with Crippen molar-refractivity contribution in [1.29, 1.82) is 0 Å². The van der Waals surface area contributed by atoms with Crippen LogP contribution in [0.15, 0.2) is 24.3 Å². The third-order valence-corrected chi connectivity index (χ3v) is 3.55. The maximum atomic E-state index is 5.73. The van der Waals surface area contributed by atoms with E-state index in [-0.39, 0.29) is 0 Å². The minimum atomic E-state index is 0.377. The Balaban J connectivity index is 2.11. The van der Waals surface area contributed by atoms with Gasteiger partial charge >= 0.3 is 0 Å². The lowest BCUT2D eigenvalue weighted by molar-refractivity contribution is 0.00773. The Kier molecular flexibility index (Phi) is 2.81. The lowest BCUT2D eigenvalue weighted by atomic mass is 9.88. The molecule has 1 aromatic rings. The van der Waals surface area contributed by atoms with Gasteiger partial charge in [0.1, 0.15) is 0 Å². The maximum absolute atomic E-state index is 5.73. The first-order chi connectivity index (χ1) is 7.13. The Labute approximate surface area is 92.1 Å². The van der Waals surface area contributed by atoms with Gasteiger partial charge in [0.25, 0.3) is 0 Å². The van der Waals surface area contributed by atoms with E-state index < -0.39 is 0 Å². The summed E-state index contributed by atoms with van der Waals surface area (Å²) in [5.41, 5.74) is 8.77. The van der Waals surface area contributed by atoms with E-state index in [4.69, 9.17) is 5.73 Å². The van der Waals surface area contributed by atoms with E-state index in [1.54, 1.807) is 0 Å². The molecule has 1 fully saturated rings. The summed E-state index contributed by atoms with van der Waals surface area (Å²) >= 11 is 0. The lowest BCUT2D eigenvalue weighted by Gasteiger charge is -2.48. The molecule has 1 heterocycles. The molecular weight excluding hydrogens is 184 g/mol. The molecule has 15 heavy (non-hydrogen) atoms. The van der Waals surface area contributed by atoms with Gasteiger partial charge in [0.15, 0.2) is 0 Å². The van der Waals surface area contributed by atoms with E-state index in [0.29, 0.717) is 12.1 Å². The van der Waals surface area contributed by atoms with Gasteiger partial charge in [-0.3, -0.25) is 4.90 Å². The maximum Gasteiger partial charge on any atom is 0.0242 e. The van der Waals surface area contributed by atoms with Gasteiger partial charge in [-0.15, -0.1) is 0 Å². The Morgan fingerprint density at radius 3 is 2.40 bits per heavy atom. The average Bonchev–Trinajstić information content (AvgIpc) is 2.25. The number of nitrogens with two attached hydrogens (primary N) is 1. The number of hydrogen-bond acceptors (Lipinski definition) is 2. The van der Waals surface area contributed by atoms with Crippen LogP contribution in [0.4, 0.5) is 0 Å². The summed E-state index contributed by atoms with van der Waals surface area (Å²) < 4.78 is 0. The highest BCUT2D eigenvalue weighted by molar-refractivity contribution is 5.27. The van der Waals surface area contributed by atoms with E-state index in [2.05, 4.69) is 43.0 Å². The molecule has 82 valence electrons. The molecule has 0 bridgehead atoms. The molecule has 2 heteroatoms. The highest BCUT2D eigenvalue weighted by Crippen LogP contribution is 2.31. The summed E-state index contributed by atoms with van der Waals surface area (Å²) in [5, 5.41) is 0. The van der Waals surface area contributed by atoms with E-state index in [0.717, 1.165) is 6.54 Å². The summed E-state index contributed by atoms with van der Waals surface area (Å²) in [7, 11) is 0. The van der Waals surface area contributed by atoms with Crippen molar-refractivity contribution in [2.45, 2.75) is 38.9 Å². The molecule has 0 radical (unpaired) electrons. The van der Waals surface area contributed by atoms with Crippen LogP contribution in [0.3, 0.4) is 0 Å². The quantitative estimate of drug-likeness (QED) is 0.817. The molecule has 0 unspecified atom stereocenters. The number of likely N-dealkylation sites (tertiary alicyclic amines) is 1. The van der Waals surface area contributed by atoms with Gasteiger partial charge in [0.05, 0.1) is 0 Å². The van der Waals surface area contributed by atoms with Gasteiger partial charge in [0.2, 0.25) is 0 Å². The zero-order valence-corrected chi connectivity index (χ0v) is 9.66. The first-order valence-corrected chi connectivity index (χ1v) is 5.65. The summed E-state index contributed by atoms with van der Waals surface area (Å²) in [6.45, 7) is 7.51. The average molecular weight is 204 g/mol. The molecule has 0 aromatic heterocycles. The van der Waals surface area contributed by atoms with Gasteiger partial charge < -0.3 is 5.73 Å². The molecule has 2 N–H and O–H groups in total. The summed E-state index contributed by atoms with van der Waals surface area (Å²) in [5.74, 6) is 0. The Morgan fingerprint density at radius 1 is 1.27 bits per heavy atom. The minimum Gasteiger partial charge on any atom is -0.326 e. The monoisotopic (exact) mass is 204 g/mol. The SMILES string of the molecule is CC1(C)CCN1Cc1ccccc1CN. The van der Waals surface area contributed by atoms with Crippen molar-refractivity contribution in [3.05, 3.63) is 35.4 Å². The molecule has 1 aliphatic rings. The van der Waals surface area contributed by atoms with Crippen LogP contribution in [-0.2, 0) is 13.1 Å². The van der Waals surface area contributed by atoms with Crippen molar-refractivity contribution >= 4 is 0 Å². The second-order valence-electron chi connectivity index (χ2n) is 4.96. The second kappa shape index (κ2) is 3.95. The highest BCUT2D eigenvalue weighted by Gasteiger charge is 2.35. The molecule has 0 aliphatic carbocycles. The molecule has 2 nitrogen and oxygen atoms in total. The zero-order valence-electron chi connectivity index (χ0n) is 9.66. The lowest BCUT2D eigenvalue weighted by Crippen LogP contribution is -2.55. The predicted molar refractivity (Wildman–Crippen MR) is 63.4 cm³/mol. The second-order valence-corrected chi connectivity index (χ2v) is 4.96. The summed E-state index contributed by atoms with van der Waals surface area (Å²) in [4.78, 5) is 2.52. The van der Waals surface area contributed by atoms with Crippen LogP contribution < -0.4 is 5.73 Å². The topological polar surface area (TPSA) is 29.3 Å². The van der Waals surface area contributed by atoms with Crippen LogP contribution in [0.2, 0.25) is 0 Å². The Bertz CT molecular complexity index is 344. The van der Waals surface area contributed by atoms with E-state index in [1.165, 1.54) is 24.1 Å². The van der Waals surface area contributed by atoms with Gasteiger partial charge in [-0.2, -0.15) is 0 Å². The van der Waals surface area contributed by atoms with Gasteiger partial charge in [-0.1, -0.05) is 24.3 Å². The fraction of sp³-hybridized carbons (Fsp3) is 0.538. The zero-order chi connectivity index (χ0) is 10.9. The van der Waals surface area contributed by atoms with Crippen LogP contribution in [0.1, 0.15) is 31.4 Å². The molecule has 1 aromatic carbocycles. The van der Waals surface area contributed by atoms with Gasteiger partial charge in [-0.05, 0) is 31.4 Å². The Hall–Kier alpha value is -0.860.